The Morgan fingerprint density at radius 1 is 1.22 bits per heavy atom. The molecule has 1 aromatic carbocycles. The van der Waals surface area contributed by atoms with Gasteiger partial charge in [-0.2, -0.15) is 0 Å². The topological polar surface area (TPSA) is 70.3 Å². The van der Waals surface area contributed by atoms with E-state index in [4.69, 9.17) is 18.7 Å². The second-order valence-electron chi connectivity index (χ2n) is 6.03. The van der Waals surface area contributed by atoms with Crippen molar-refractivity contribution in [3.05, 3.63) is 29.5 Å². The number of hydrogen-bond donors (Lipinski definition) is 0. The molecule has 124 valence electrons. The van der Waals surface area contributed by atoms with Crippen LogP contribution in [0.15, 0.2) is 27.8 Å². The zero-order valence-electron chi connectivity index (χ0n) is 14.2. The highest BCUT2D eigenvalue weighted by molar-refractivity contribution is 6.08. The van der Waals surface area contributed by atoms with E-state index in [-0.39, 0.29) is 0 Å². The van der Waals surface area contributed by atoms with Gasteiger partial charge in [0.15, 0.2) is 17.1 Å². The number of rotatable bonds is 4. The molecule has 1 heterocycles. The molecule has 6 nitrogen and oxygen atoms in total. The van der Waals surface area contributed by atoms with E-state index in [1.807, 2.05) is 20.8 Å². The molecule has 0 aliphatic heterocycles. The Labute approximate surface area is 135 Å². The lowest BCUT2D eigenvalue weighted by atomic mass is 10.1. The first-order valence-corrected chi connectivity index (χ1v) is 7.19. The number of carbonyl (C=O) groups is 1. The molecular formula is C17H21NO5. The lowest BCUT2D eigenvalue weighted by Gasteiger charge is -2.19. The second kappa shape index (κ2) is 6.32. The fourth-order valence-corrected chi connectivity index (χ4v) is 2.13. The van der Waals surface area contributed by atoms with Gasteiger partial charge in [-0.05, 0) is 45.9 Å². The third-order valence-electron chi connectivity index (χ3n) is 3.07. The Bertz CT molecular complexity index is 752. The molecule has 0 aliphatic carbocycles. The van der Waals surface area contributed by atoms with Crippen molar-refractivity contribution in [2.75, 3.05) is 14.2 Å². The van der Waals surface area contributed by atoms with Crippen molar-refractivity contribution >= 4 is 22.7 Å². The van der Waals surface area contributed by atoms with Crippen LogP contribution in [0.3, 0.4) is 0 Å². The predicted octanol–water partition coefficient (Wildman–Crippen LogP) is 3.77. The summed E-state index contributed by atoms with van der Waals surface area (Å²) < 4.78 is 16.5. The number of benzene rings is 1. The van der Waals surface area contributed by atoms with E-state index >= 15 is 0 Å². The maximum Gasteiger partial charge on any atom is 0.339 e. The number of oxime groups is 1. The van der Waals surface area contributed by atoms with Gasteiger partial charge in [-0.15, -0.1) is 0 Å². The van der Waals surface area contributed by atoms with Crippen LogP contribution < -0.4 is 4.74 Å². The van der Waals surface area contributed by atoms with E-state index in [2.05, 4.69) is 5.16 Å². The third kappa shape index (κ3) is 3.64. The van der Waals surface area contributed by atoms with Crippen molar-refractivity contribution < 1.29 is 23.5 Å². The van der Waals surface area contributed by atoms with Crippen LogP contribution in [0.2, 0.25) is 0 Å². The van der Waals surface area contributed by atoms with Gasteiger partial charge in [-0.25, -0.2) is 4.79 Å². The van der Waals surface area contributed by atoms with E-state index in [9.17, 15) is 4.79 Å². The Kier molecular flexibility index (Phi) is 4.63. The van der Waals surface area contributed by atoms with Gasteiger partial charge >= 0.3 is 5.97 Å². The van der Waals surface area contributed by atoms with Gasteiger partial charge < -0.3 is 18.7 Å². The lowest BCUT2D eigenvalue weighted by molar-refractivity contribution is 0.00718. The molecule has 0 spiro atoms. The SMILES string of the molecule is CON=C(C)c1cc2c(C(=O)OC(C)(C)C)ccc(OC)c2o1. The average molecular weight is 319 g/mol. The van der Waals surface area contributed by atoms with Crippen LogP contribution in [-0.2, 0) is 9.57 Å². The summed E-state index contributed by atoms with van der Waals surface area (Å²) in [4.78, 5) is 17.2. The number of methoxy groups -OCH3 is 1. The molecule has 2 aromatic rings. The summed E-state index contributed by atoms with van der Waals surface area (Å²) in [6.07, 6.45) is 0. The second-order valence-corrected chi connectivity index (χ2v) is 6.03. The fourth-order valence-electron chi connectivity index (χ4n) is 2.13. The van der Waals surface area contributed by atoms with Gasteiger partial charge in [0.05, 0.1) is 12.7 Å². The first-order valence-electron chi connectivity index (χ1n) is 7.19. The van der Waals surface area contributed by atoms with Crippen LogP contribution in [0.1, 0.15) is 43.8 Å². The molecule has 0 unspecified atom stereocenters. The van der Waals surface area contributed by atoms with Crippen molar-refractivity contribution in [2.45, 2.75) is 33.3 Å². The number of esters is 1. The molecule has 0 radical (unpaired) electrons. The molecule has 0 atom stereocenters. The molecule has 0 saturated carbocycles. The monoisotopic (exact) mass is 319 g/mol. The summed E-state index contributed by atoms with van der Waals surface area (Å²) in [5.74, 6) is 0.610. The molecule has 23 heavy (non-hydrogen) atoms. The van der Waals surface area contributed by atoms with Crippen LogP contribution in [0, 0.1) is 0 Å². The summed E-state index contributed by atoms with van der Waals surface area (Å²) in [6.45, 7) is 7.21. The van der Waals surface area contributed by atoms with Crippen molar-refractivity contribution in [1.29, 1.82) is 0 Å². The van der Waals surface area contributed by atoms with Gasteiger partial charge in [0.2, 0.25) is 0 Å². The number of ether oxygens (including phenoxy) is 2. The maximum absolute atomic E-state index is 12.4. The van der Waals surface area contributed by atoms with Crippen LogP contribution in [0.5, 0.6) is 5.75 Å². The zero-order valence-corrected chi connectivity index (χ0v) is 14.2. The van der Waals surface area contributed by atoms with E-state index < -0.39 is 11.6 Å². The third-order valence-corrected chi connectivity index (χ3v) is 3.07. The molecule has 0 N–H and O–H groups in total. The Morgan fingerprint density at radius 3 is 2.48 bits per heavy atom. The summed E-state index contributed by atoms with van der Waals surface area (Å²) in [5, 5.41) is 4.46. The summed E-state index contributed by atoms with van der Waals surface area (Å²) in [7, 11) is 3.00. The summed E-state index contributed by atoms with van der Waals surface area (Å²) in [5.41, 5.74) is 0.858. The van der Waals surface area contributed by atoms with Gasteiger partial charge in [-0.1, -0.05) is 5.16 Å². The highest BCUT2D eigenvalue weighted by Gasteiger charge is 2.23. The Hall–Kier alpha value is -2.50. The minimum Gasteiger partial charge on any atom is -0.493 e. The van der Waals surface area contributed by atoms with Crippen molar-refractivity contribution in [3.8, 4) is 5.75 Å². The van der Waals surface area contributed by atoms with Crippen molar-refractivity contribution in [2.24, 2.45) is 5.16 Å². The highest BCUT2D eigenvalue weighted by Crippen LogP contribution is 2.32. The fraction of sp³-hybridized carbons (Fsp3) is 0.412. The van der Waals surface area contributed by atoms with Crippen LogP contribution in [0.4, 0.5) is 0 Å². The lowest BCUT2D eigenvalue weighted by Crippen LogP contribution is -2.24. The number of carbonyl (C=O) groups excluding carboxylic acids is 1. The van der Waals surface area contributed by atoms with E-state index in [0.29, 0.717) is 33.8 Å². The molecule has 0 bridgehead atoms. The first-order chi connectivity index (χ1) is 10.8. The molecule has 6 heteroatoms. The summed E-state index contributed by atoms with van der Waals surface area (Å²) in [6, 6.07) is 5.07. The number of furan rings is 1. The minimum atomic E-state index is -0.580. The van der Waals surface area contributed by atoms with Crippen LogP contribution in [-0.4, -0.2) is 31.5 Å². The molecule has 0 aliphatic rings. The van der Waals surface area contributed by atoms with Crippen LogP contribution >= 0.6 is 0 Å². The van der Waals surface area contributed by atoms with Gasteiger partial charge in [0, 0.05) is 5.39 Å². The van der Waals surface area contributed by atoms with Crippen LogP contribution in [0.25, 0.3) is 11.0 Å². The maximum atomic E-state index is 12.4. The molecule has 2 rings (SSSR count). The predicted molar refractivity (Wildman–Crippen MR) is 87.2 cm³/mol. The minimum absolute atomic E-state index is 0.413. The van der Waals surface area contributed by atoms with Crippen molar-refractivity contribution in [1.82, 2.24) is 0 Å². The van der Waals surface area contributed by atoms with Gasteiger partial charge in [0.25, 0.3) is 0 Å². The number of nitrogens with zero attached hydrogens (tertiary/aromatic N) is 1. The number of fused-ring (bicyclic) bond motifs is 1. The molecular weight excluding hydrogens is 298 g/mol. The largest absolute Gasteiger partial charge is 0.493 e. The first kappa shape index (κ1) is 16.9. The molecule has 0 amide bonds. The quantitative estimate of drug-likeness (QED) is 0.487. The molecule has 0 fully saturated rings. The number of hydrogen-bond acceptors (Lipinski definition) is 6. The summed E-state index contributed by atoms with van der Waals surface area (Å²) >= 11 is 0. The molecule has 1 aromatic heterocycles. The highest BCUT2D eigenvalue weighted by atomic mass is 16.6. The van der Waals surface area contributed by atoms with Gasteiger partial charge in [0.1, 0.15) is 18.4 Å². The van der Waals surface area contributed by atoms with E-state index in [0.717, 1.165) is 0 Å². The van der Waals surface area contributed by atoms with E-state index in [1.54, 1.807) is 32.2 Å². The smallest absolute Gasteiger partial charge is 0.339 e. The Balaban J connectivity index is 2.59. The average Bonchev–Trinajstić information content (AvgIpc) is 2.89. The Morgan fingerprint density at radius 2 is 1.91 bits per heavy atom. The zero-order chi connectivity index (χ0) is 17.2. The normalized spacial score (nSPS) is 12.3. The standard InChI is InChI=1S/C17H21NO5/c1-10(18-21-6)14-9-12-11(16(19)23-17(2,3)4)7-8-13(20-5)15(12)22-14/h7-9H,1-6H3. The van der Waals surface area contributed by atoms with Crippen molar-refractivity contribution in [3.63, 3.8) is 0 Å². The molecule has 0 saturated heterocycles. The van der Waals surface area contributed by atoms with Gasteiger partial charge in [-0.3, -0.25) is 0 Å². The van der Waals surface area contributed by atoms with E-state index in [1.165, 1.54) is 7.11 Å².